The van der Waals surface area contributed by atoms with Crippen LogP contribution in [0.15, 0.2) is 109 Å². The number of ether oxygens (including phenoxy) is 5. The van der Waals surface area contributed by atoms with Crippen molar-refractivity contribution in [1.82, 2.24) is 19.6 Å². The van der Waals surface area contributed by atoms with Gasteiger partial charge >= 0.3 is 6.61 Å². The van der Waals surface area contributed by atoms with Gasteiger partial charge in [-0.05, 0) is 98.0 Å². The molecule has 16 heteroatoms. The molecule has 2 fully saturated rings. The number of alkyl halides is 2. The summed E-state index contributed by atoms with van der Waals surface area (Å²) in [5, 5.41) is 11.3. The van der Waals surface area contributed by atoms with Crippen molar-refractivity contribution in [3.8, 4) is 39.8 Å². The van der Waals surface area contributed by atoms with E-state index in [4.69, 9.17) is 29.8 Å². The van der Waals surface area contributed by atoms with Gasteiger partial charge in [0, 0.05) is 29.2 Å². The highest BCUT2D eigenvalue weighted by molar-refractivity contribution is 5.90. The lowest BCUT2D eigenvalue weighted by Gasteiger charge is -2.20. The molecular weight excluding hydrogens is 785 g/mol. The molecule has 3 N–H and O–H groups in total. The molecule has 12 nitrogen and oxygen atoms in total. The molecule has 4 aromatic carbocycles. The van der Waals surface area contributed by atoms with Crippen molar-refractivity contribution in [3.05, 3.63) is 127 Å². The van der Waals surface area contributed by atoms with E-state index in [1.807, 2.05) is 59.4 Å². The standard InChI is InChI=1S/C22H19F4N3O4.C22H25N3O2/c23-14-5-3-6-16(21(14)24)27-20(30)10-29-9-8-15(28-29)13-4-1-2-7-17(13)32-18-11-31-12-19(18)33-22(25)26;1-26-21-11-8-17(14-22(21)27-19-4-2-3-5-19)20-12-13-25(24-20)15-16-6-9-18(23)10-7-16/h1-9,18-19,22H,10-12H2,(H,27,30);6-14,19H,2-5,15,23H2,1H3/t18-,19?;/m1./s1. The van der Waals surface area contributed by atoms with E-state index in [2.05, 4.69) is 15.2 Å². The Balaban J connectivity index is 0.000000185. The zero-order valence-electron chi connectivity index (χ0n) is 32.7. The first-order valence-electron chi connectivity index (χ1n) is 19.4. The van der Waals surface area contributed by atoms with Crippen LogP contribution in [0.2, 0.25) is 0 Å². The van der Waals surface area contributed by atoms with Crippen molar-refractivity contribution < 1.29 is 46.0 Å². The molecule has 60 heavy (non-hydrogen) atoms. The largest absolute Gasteiger partial charge is 0.493 e. The molecule has 1 aliphatic carbocycles. The van der Waals surface area contributed by atoms with Crippen molar-refractivity contribution in [3.63, 3.8) is 0 Å². The van der Waals surface area contributed by atoms with Crippen LogP contribution < -0.4 is 25.3 Å². The van der Waals surface area contributed by atoms with Crippen molar-refractivity contribution in [2.45, 2.75) is 63.7 Å². The van der Waals surface area contributed by atoms with Crippen molar-refractivity contribution >= 4 is 17.3 Å². The Morgan fingerprint density at radius 1 is 0.833 bits per heavy atom. The first-order chi connectivity index (χ1) is 29.1. The highest BCUT2D eigenvalue weighted by Gasteiger charge is 2.34. The maximum absolute atomic E-state index is 13.7. The molecule has 0 bridgehead atoms. The number of nitrogens with zero attached hydrogens (tertiary/aromatic N) is 4. The summed E-state index contributed by atoms with van der Waals surface area (Å²) in [6.45, 7) is -2.40. The molecule has 3 heterocycles. The third-order valence-corrected chi connectivity index (χ3v) is 9.89. The van der Waals surface area contributed by atoms with Gasteiger partial charge < -0.3 is 34.7 Å². The molecule has 6 aromatic rings. The fraction of sp³-hybridized carbons (Fsp3) is 0.295. The van der Waals surface area contributed by atoms with E-state index in [-0.39, 0.29) is 31.5 Å². The number of nitrogens with one attached hydrogen (secondary N) is 1. The Morgan fingerprint density at radius 3 is 2.35 bits per heavy atom. The summed E-state index contributed by atoms with van der Waals surface area (Å²) >= 11 is 0. The maximum Gasteiger partial charge on any atom is 0.345 e. The third-order valence-electron chi connectivity index (χ3n) is 9.89. The number of aromatic nitrogens is 4. The quantitative estimate of drug-likeness (QED) is 0.0820. The van der Waals surface area contributed by atoms with Gasteiger partial charge in [0.15, 0.2) is 29.2 Å². The monoisotopic (exact) mass is 828 g/mol. The normalized spacial score (nSPS) is 16.4. The molecule has 2 atom stereocenters. The number of para-hydroxylation sites is 1. The van der Waals surface area contributed by atoms with E-state index in [0.29, 0.717) is 23.6 Å². The summed E-state index contributed by atoms with van der Waals surface area (Å²) in [7, 11) is 1.68. The van der Waals surface area contributed by atoms with Crippen LogP contribution in [0.3, 0.4) is 0 Å². The van der Waals surface area contributed by atoms with Gasteiger partial charge in [0.05, 0.1) is 50.0 Å². The second-order valence-electron chi connectivity index (χ2n) is 14.2. The maximum atomic E-state index is 13.7. The minimum Gasteiger partial charge on any atom is -0.493 e. The number of hydrogen-bond donors (Lipinski definition) is 2. The van der Waals surface area contributed by atoms with Crippen molar-refractivity contribution in [2.24, 2.45) is 0 Å². The summed E-state index contributed by atoms with van der Waals surface area (Å²) in [5.41, 5.74) is 10.4. The summed E-state index contributed by atoms with van der Waals surface area (Å²) in [4.78, 5) is 12.2. The Bertz CT molecular complexity index is 2350. The van der Waals surface area contributed by atoms with E-state index >= 15 is 0 Å². The molecule has 1 unspecified atom stereocenters. The fourth-order valence-corrected chi connectivity index (χ4v) is 6.89. The summed E-state index contributed by atoms with van der Waals surface area (Å²) in [6, 6.07) is 27.9. The molecule has 1 saturated heterocycles. The highest BCUT2D eigenvalue weighted by atomic mass is 19.3. The van der Waals surface area contributed by atoms with Crippen molar-refractivity contribution in [2.75, 3.05) is 31.4 Å². The number of rotatable bonds is 14. The number of hydrogen-bond acceptors (Lipinski definition) is 9. The molecular formula is C44H44F4N6O6. The number of amides is 1. The molecule has 1 aliphatic heterocycles. The predicted molar refractivity (Wildman–Crippen MR) is 216 cm³/mol. The topological polar surface area (TPSA) is 137 Å². The minimum absolute atomic E-state index is 0.00712. The number of nitrogens with two attached hydrogens (primary N) is 1. The van der Waals surface area contributed by atoms with Gasteiger partial charge in [0.1, 0.15) is 18.4 Å². The molecule has 0 radical (unpaired) electrons. The lowest BCUT2D eigenvalue weighted by atomic mass is 10.1. The predicted octanol–water partition coefficient (Wildman–Crippen LogP) is 8.36. The van der Waals surface area contributed by atoms with Gasteiger partial charge in [-0.2, -0.15) is 19.0 Å². The van der Waals surface area contributed by atoms with E-state index < -0.39 is 36.4 Å². The Labute approximate surface area is 343 Å². The van der Waals surface area contributed by atoms with Gasteiger partial charge in [-0.1, -0.05) is 30.3 Å². The van der Waals surface area contributed by atoms with Gasteiger partial charge in [-0.3, -0.25) is 14.2 Å². The molecule has 8 rings (SSSR count). The van der Waals surface area contributed by atoms with Gasteiger partial charge in [-0.25, -0.2) is 8.78 Å². The van der Waals surface area contributed by atoms with Crippen LogP contribution in [0.5, 0.6) is 17.2 Å². The fourth-order valence-electron chi connectivity index (χ4n) is 6.89. The second-order valence-corrected chi connectivity index (χ2v) is 14.2. The van der Waals surface area contributed by atoms with Gasteiger partial charge in [0.2, 0.25) is 5.91 Å². The number of carbonyl (C=O) groups is 1. The van der Waals surface area contributed by atoms with Gasteiger partial charge in [-0.15, -0.1) is 0 Å². The van der Waals surface area contributed by atoms with Crippen LogP contribution in [0.1, 0.15) is 31.2 Å². The average molecular weight is 829 g/mol. The van der Waals surface area contributed by atoms with E-state index in [9.17, 15) is 22.4 Å². The average Bonchev–Trinajstić information content (AvgIpc) is 4.09. The van der Waals surface area contributed by atoms with Crippen LogP contribution in [0, 0.1) is 11.6 Å². The number of anilines is 2. The number of nitrogen functional groups attached to an aromatic ring is 1. The Morgan fingerprint density at radius 2 is 1.57 bits per heavy atom. The molecule has 2 aliphatic rings. The second kappa shape index (κ2) is 19.6. The molecule has 0 spiro atoms. The number of methoxy groups -OCH3 is 1. The SMILES string of the molecule is COc1ccc(-c2ccn(Cc3ccc(N)cc3)n2)cc1OC1CCCC1.O=C(Cn1ccc(-c2ccccc2O[C@@H]2COCC2OC(F)F)n1)Nc1cccc(F)c1F. The molecule has 1 amide bonds. The molecule has 2 aromatic heterocycles. The molecule has 1 saturated carbocycles. The molecule has 314 valence electrons. The smallest absolute Gasteiger partial charge is 0.345 e. The van der Waals surface area contributed by atoms with Crippen molar-refractivity contribution in [1.29, 1.82) is 0 Å². The summed E-state index contributed by atoms with van der Waals surface area (Å²) in [5.74, 6) is -0.870. The Kier molecular flexibility index (Phi) is 13.6. The lowest BCUT2D eigenvalue weighted by molar-refractivity contribution is -0.175. The summed E-state index contributed by atoms with van der Waals surface area (Å²) < 4.78 is 82.9. The van der Waals surface area contributed by atoms with Crippen LogP contribution in [0.25, 0.3) is 22.5 Å². The number of carbonyl (C=O) groups excluding carboxylic acids is 1. The third kappa shape index (κ3) is 10.8. The lowest BCUT2D eigenvalue weighted by Crippen LogP contribution is -2.34. The number of halogens is 4. The zero-order chi connectivity index (χ0) is 42.0. The van der Waals surface area contributed by atoms with Crippen LogP contribution in [0.4, 0.5) is 28.9 Å². The van der Waals surface area contributed by atoms with E-state index in [0.717, 1.165) is 47.4 Å². The summed E-state index contributed by atoms with van der Waals surface area (Å²) in [6.07, 6.45) is 6.88. The first-order valence-corrected chi connectivity index (χ1v) is 19.4. The van der Waals surface area contributed by atoms with Gasteiger partial charge in [0.25, 0.3) is 0 Å². The van der Waals surface area contributed by atoms with Crippen LogP contribution in [-0.4, -0.2) is 70.7 Å². The number of benzene rings is 4. The Hall–Kier alpha value is -6.39. The van der Waals surface area contributed by atoms with E-state index in [1.165, 1.54) is 41.4 Å². The van der Waals surface area contributed by atoms with Crippen LogP contribution in [-0.2, 0) is 27.4 Å². The van der Waals surface area contributed by atoms with E-state index in [1.54, 1.807) is 37.4 Å². The minimum atomic E-state index is -2.94. The van der Waals surface area contributed by atoms with Crippen LogP contribution >= 0.6 is 0 Å². The zero-order valence-corrected chi connectivity index (χ0v) is 32.7. The highest BCUT2D eigenvalue weighted by Crippen LogP contribution is 2.35. The first kappa shape index (κ1) is 41.8.